The molecule has 0 unspecified atom stereocenters. The standard InChI is InChI=1S/C13H18IN/c1-15-10-13(7-2-8-13)9-11-3-5-12(14)6-4-11/h3-6,15H,2,7-10H2,1H3. The summed E-state index contributed by atoms with van der Waals surface area (Å²) in [5, 5.41) is 3.34. The van der Waals surface area contributed by atoms with E-state index in [9.17, 15) is 0 Å². The Kier molecular flexibility index (Phi) is 3.67. The average molecular weight is 315 g/mol. The molecule has 0 radical (unpaired) electrons. The van der Waals surface area contributed by atoms with Crippen LogP contribution in [0.2, 0.25) is 0 Å². The molecular weight excluding hydrogens is 297 g/mol. The van der Waals surface area contributed by atoms with Crippen LogP contribution < -0.4 is 5.32 Å². The van der Waals surface area contributed by atoms with Crippen molar-refractivity contribution in [3.05, 3.63) is 33.4 Å². The summed E-state index contributed by atoms with van der Waals surface area (Å²) in [6.45, 7) is 1.17. The summed E-state index contributed by atoms with van der Waals surface area (Å²) in [6, 6.07) is 8.97. The van der Waals surface area contributed by atoms with Crippen LogP contribution in [0.3, 0.4) is 0 Å². The van der Waals surface area contributed by atoms with Crippen molar-refractivity contribution in [2.75, 3.05) is 13.6 Å². The highest BCUT2D eigenvalue weighted by Crippen LogP contribution is 2.43. The van der Waals surface area contributed by atoms with Gasteiger partial charge in [-0.1, -0.05) is 18.6 Å². The molecule has 1 N–H and O–H groups in total. The van der Waals surface area contributed by atoms with Gasteiger partial charge in [0.05, 0.1) is 0 Å². The Labute approximate surface area is 106 Å². The fourth-order valence-corrected chi connectivity index (χ4v) is 2.86. The molecule has 1 saturated carbocycles. The fourth-order valence-electron chi connectivity index (χ4n) is 2.50. The lowest BCUT2D eigenvalue weighted by Gasteiger charge is -2.42. The molecule has 0 aliphatic heterocycles. The molecule has 2 heteroatoms. The Hall–Kier alpha value is -0.0900. The third kappa shape index (κ3) is 2.72. The second-order valence-electron chi connectivity index (χ2n) is 4.69. The van der Waals surface area contributed by atoms with E-state index in [0.717, 1.165) is 0 Å². The second kappa shape index (κ2) is 4.83. The summed E-state index contributed by atoms with van der Waals surface area (Å²) in [5.41, 5.74) is 2.05. The molecule has 82 valence electrons. The first-order chi connectivity index (χ1) is 7.24. The Morgan fingerprint density at radius 1 is 1.27 bits per heavy atom. The maximum Gasteiger partial charge on any atom is 0.0130 e. The minimum atomic E-state index is 0.557. The van der Waals surface area contributed by atoms with Gasteiger partial charge in [0.2, 0.25) is 0 Å². The second-order valence-corrected chi connectivity index (χ2v) is 5.93. The maximum absolute atomic E-state index is 3.34. The van der Waals surface area contributed by atoms with Crippen LogP contribution in [0.4, 0.5) is 0 Å². The minimum Gasteiger partial charge on any atom is -0.319 e. The van der Waals surface area contributed by atoms with E-state index in [1.807, 2.05) is 0 Å². The van der Waals surface area contributed by atoms with Gasteiger partial charge in [-0.2, -0.15) is 0 Å². The highest BCUT2D eigenvalue weighted by molar-refractivity contribution is 14.1. The van der Waals surface area contributed by atoms with E-state index in [1.165, 1.54) is 41.4 Å². The number of hydrogen-bond acceptors (Lipinski definition) is 1. The summed E-state index contributed by atoms with van der Waals surface area (Å²) in [4.78, 5) is 0. The molecule has 1 aromatic carbocycles. The smallest absolute Gasteiger partial charge is 0.0130 e. The van der Waals surface area contributed by atoms with Crippen LogP contribution >= 0.6 is 22.6 Å². The first-order valence-electron chi connectivity index (χ1n) is 5.63. The van der Waals surface area contributed by atoms with Crippen LogP contribution in [0.1, 0.15) is 24.8 Å². The van der Waals surface area contributed by atoms with Gasteiger partial charge in [0.25, 0.3) is 0 Å². The van der Waals surface area contributed by atoms with Gasteiger partial charge in [0, 0.05) is 10.1 Å². The molecule has 0 bridgehead atoms. The van der Waals surface area contributed by atoms with Crippen LogP contribution in [0.5, 0.6) is 0 Å². The fraction of sp³-hybridized carbons (Fsp3) is 0.538. The number of rotatable bonds is 4. The van der Waals surface area contributed by atoms with Gasteiger partial charge in [-0.15, -0.1) is 0 Å². The lowest BCUT2D eigenvalue weighted by atomic mass is 9.65. The van der Waals surface area contributed by atoms with Crippen LogP contribution in [-0.2, 0) is 6.42 Å². The van der Waals surface area contributed by atoms with E-state index in [1.54, 1.807) is 0 Å². The molecule has 0 atom stereocenters. The molecule has 15 heavy (non-hydrogen) atoms. The number of nitrogens with one attached hydrogen (secondary N) is 1. The Balaban J connectivity index is 2.03. The van der Waals surface area contributed by atoms with Crippen LogP contribution in [0.25, 0.3) is 0 Å². The molecule has 0 heterocycles. The molecular formula is C13H18IN. The van der Waals surface area contributed by atoms with Gasteiger partial charge in [-0.25, -0.2) is 0 Å². The average Bonchev–Trinajstić information content (AvgIpc) is 2.18. The van der Waals surface area contributed by atoms with Crippen LogP contribution in [0, 0.1) is 8.99 Å². The Morgan fingerprint density at radius 2 is 1.93 bits per heavy atom. The van der Waals surface area contributed by atoms with E-state index in [2.05, 4.69) is 59.2 Å². The Morgan fingerprint density at radius 3 is 2.40 bits per heavy atom. The molecule has 1 fully saturated rings. The number of halogens is 1. The van der Waals surface area contributed by atoms with Gasteiger partial charge in [0.1, 0.15) is 0 Å². The Bertz CT molecular complexity index is 314. The summed E-state index contributed by atoms with van der Waals surface area (Å²) in [6.07, 6.45) is 5.43. The first-order valence-corrected chi connectivity index (χ1v) is 6.71. The predicted octanol–water partition coefficient (Wildman–Crippen LogP) is 3.22. The summed E-state index contributed by atoms with van der Waals surface area (Å²) in [5.74, 6) is 0. The van der Waals surface area contributed by atoms with Crippen molar-refractivity contribution >= 4 is 22.6 Å². The molecule has 2 rings (SSSR count). The van der Waals surface area contributed by atoms with Crippen molar-refractivity contribution in [1.82, 2.24) is 5.32 Å². The molecule has 1 aliphatic rings. The molecule has 0 spiro atoms. The first kappa shape index (κ1) is 11.4. The minimum absolute atomic E-state index is 0.557. The molecule has 0 aromatic heterocycles. The summed E-state index contributed by atoms with van der Waals surface area (Å²) < 4.78 is 1.33. The molecule has 1 nitrogen and oxygen atoms in total. The van der Waals surface area contributed by atoms with Crippen LogP contribution in [0.15, 0.2) is 24.3 Å². The van der Waals surface area contributed by atoms with Crippen molar-refractivity contribution < 1.29 is 0 Å². The van der Waals surface area contributed by atoms with Gasteiger partial charge in [-0.05, 0) is 72.0 Å². The quantitative estimate of drug-likeness (QED) is 0.841. The van der Waals surface area contributed by atoms with E-state index < -0.39 is 0 Å². The van der Waals surface area contributed by atoms with E-state index in [4.69, 9.17) is 0 Å². The maximum atomic E-state index is 3.34. The summed E-state index contributed by atoms with van der Waals surface area (Å²) >= 11 is 2.36. The van der Waals surface area contributed by atoms with E-state index in [-0.39, 0.29) is 0 Å². The number of hydrogen-bond donors (Lipinski definition) is 1. The SMILES string of the molecule is CNCC1(Cc2ccc(I)cc2)CCC1. The summed E-state index contributed by atoms with van der Waals surface area (Å²) in [7, 11) is 2.06. The highest BCUT2D eigenvalue weighted by Gasteiger charge is 2.35. The lowest BCUT2D eigenvalue weighted by molar-refractivity contribution is 0.133. The monoisotopic (exact) mass is 315 g/mol. The molecule has 1 aromatic rings. The van der Waals surface area contributed by atoms with Gasteiger partial charge in [-0.3, -0.25) is 0 Å². The zero-order valence-corrected chi connectivity index (χ0v) is 11.4. The van der Waals surface area contributed by atoms with Crippen molar-refractivity contribution in [2.24, 2.45) is 5.41 Å². The van der Waals surface area contributed by atoms with Crippen molar-refractivity contribution in [3.63, 3.8) is 0 Å². The zero-order chi connectivity index (χ0) is 10.7. The largest absolute Gasteiger partial charge is 0.319 e. The van der Waals surface area contributed by atoms with Gasteiger partial charge >= 0.3 is 0 Å². The predicted molar refractivity (Wildman–Crippen MR) is 73.1 cm³/mol. The van der Waals surface area contributed by atoms with E-state index in [0.29, 0.717) is 5.41 Å². The molecule has 1 aliphatic carbocycles. The van der Waals surface area contributed by atoms with Gasteiger partial charge in [0.15, 0.2) is 0 Å². The normalized spacial score (nSPS) is 18.5. The van der Waals surface area contributed by atoms with Crippen LogP contribution in [-0.4, -0.2) is 13.6 Å². The molecule has 0 saturated heterocycles. The van der Waals surface area contributed by atoms with Crippen molar-refractivity contribution in [1.29, 1.82) is 0 Å². The van der Waals surface area contributed by atoms with Crippen molar-refractivity contribution in [3.8, 4) is 0 Å². The lowest BCUT2D eigenvalue weighted by Crippen LogP contribution is -2.40. The van der Waals surface area contributed by atoms with Gasteiger partial charge < -0.3 is 5.32 Å². The topological polar surface area (TPSA) is 12.0 Å². The van der Waals surface area contributed by atoms with Crippen molar-refractivity contribution in [2.45, 2.75) is 25.7 Å². The third-order valence-electron chi connectivity index (χ3n) is 3.46. The third-order valence-corrected chi connectivity index (χ3v) is 4.18. The zero-order valence-electron chi connectivity index (χ0n) is 9.22. The highest BCUT2D eigenvalue weighted by atomic mass is 127. The molecule has 0 amide bonds. The van der Waals surface area contributed by atoms with E-state index >= 15 is 0 Å². The number of benzene rings is 1.